The fourth-order valence-corrected chi connectivity index (χ4v) is 6.27. The molecule has 0 unspecified atom stereocenters. The summed E-state index contributed by atoms with van der Waals surface area (Å²) < 4.78 is 0. The van der Waals surface area contributed by atoms with Crippen LogP contribution in [0, 0.1) is 0 Å². The number of hydrogen-bond acceptors (Lipinski definition) is 6. The molecule has 0 atom stereocenters. The monoisotopic (exact) mass is 775 g/mol. The summed E-state index contributed by atoms with van der Waals surface area (Å²) in [7, 11) is 0. The molecule has 0 saturated heterocycles. The SMILES string of the molecule is CCCCC/C=C\C/C=C\C/C=C\C/C=C\CCCC(=O)C(CCN)(NCCCCNCCCN)C(=O)CCC/C=C\C/C=C\C/C=C\C/C=C\CCCCC. The molecule has 56 heavy (non-hydrogen) atoms. The number of ketones is 2. The van der Waals surface area contributed by atoms with Crippen LogP contribution in [0.15, 0.2) is 97.2 Å². The van der Waals surface area contributed by atoms with Gasteiger partial charge in [0.25, 0.3) is 0 Å². The molecule has 0 aromatic rings. The molecule has 0 radical (unpaired) electrons. The lowest BCUT2D eigenvalue weighted by Gasteiger charge is -2.32. The molecule has 6 N–H and O–H groups in total. The first kappa shape index (κ1) is 53.1. The highest BCUT2D eigenvalue weighted by molar-refractivity contribution is 6.11. The minimum absolute atomic E-state index is 0.0115. The van der Waals surface area contributed by atoms with E-state index in [9.17, 15) is 9.59 Å². The van der Waals surface area contributed by atoms with Gasteiger partial charge in [-0.2, -0.15) is 0 Å². The van der Waals surface area contributed by atoms with Crippen molar-refractivity contribution in [2.24, 2.45) is 11.5 Å². The van der Waals surface area contributed by atoms with Crippen molar-refractivity contribution in [1.82, 2.24) is 10.6 Å². The zero-order valence-corrected chi connectivity index (χ0v) is 36.2. The van der Waals surface area contributed by atoms with E-state index in [0.29, 0.717) is 38.9 Å². The molecule has 6 heteroatoms. The van der Waals surface area contributed by atoms with Crippen molar-refractivity contribution < 1.29 is 9.59 Å². The first-order valence-corrected chi connectivity index (χ1v) is 22.7. The van der Waals surface area contributed by atoms with Crippen LogP contribution in [-0.4, -0.2) is 49.8 Å². The van der Waals surface area contributed by atoms with Crippen LogP contribution in [-0.2, 0) is 9.59 Å². The van der Waals surface area contributed by atoms with Gasteiger partial charge in [0.05, 0.1) is 0 Å². The summed E-state index contributed by atoms with van der Waals surface area (Å²) in [6.07, 6.45) is 58.2. The van der Waals surface area contributed by atoms with Gasteiger partial charge in [0.1, 0.15) is 5.54 Å². The first-order chi connectivity index (χ1) is 27.6. The van der Waals surface area contributed by atoms with Crippen molar-refractivity contribution in [3.8, 4) is 0 Å². The number of carbonyl (C=O) groups excluding carboxylic acids is 2. The van der Waals surface area contributed by atoms with Gasteiger partial charge < -0.3 is 16.8 Å². The summed E-state index contributed by atoms with van der Waals surface area (Å²) in [6, 6.07) is 0. The Morgan fingerprint density at radius 3 is 1.16 bits per heavy atom. The van der Waals surface area contributed by atoms with Gasteiger partial charge in [-0.15, -0.1) is 0 Å². The van der Waals surface area contributed by atoms with E-state index in [1.165, 1.54) is 51.4 Å². The number of hydrogen-bond donors (Lipinski definition) is 4. The molecule has 0 saturated carbocycles. The standard InChI is InChI=1S/C50H86N4O2/c1-3-5-7-9-11-13-15-17-19-21-23-25-27-29-31-33-35-40-48(55)50(42-44-52,54-47-38-37-45-53-46-39-43-51)49(56)41-36-34-32-30-28-26-24-22-20-18-16-14-12-10-8-6-4-2/h11-14,17-20,23-26,29-32,53-54H,3-10,15-16,21-22,27-28,33-47,51-52H2,1-2H3/b13-11-,14-12-,19-17-,20-18-,25-23-,26-24-,31-29-,32-30-. The predicted octanol–water partition coefficient (Wildman–Crippen LogP) is 11.8. The van der Waals surface area contributed by atoms with Crippen LogP contribution < -0.4 is 22.1 Å². The van der Waals surface area contributed by atoms with Gasteiger partial charge in [-0.1, -0.05) is 137 Å². The Labute approximate surface area is 345 Å². The molecule has 0 heterocycles. The van der Waals surface area contributed by atoms with E-state index in [0.717, 1.165) is 96.6 Å². The van der Waals surface area contributed by atoms with E-state index in [-0.39, 0.29) is 11.6 Å². The van der Waals surface area contributed by atoms with Crippen molar-refractivity contribution in [3.05, 3.63) is 97.2 Å². The molecule has 0 aliphatic rings. The lowest BCUT2D eigenvalue weighted by atomic mass is 9.81. The summed E-state index contributed by atoms with van der Waals surface area (Å²) in [4.78, 5) is 27.7. The second-order valence-corrected chi connectivity index (χ2v) is 14.8. The molecule has 318 valence electrons. The van der Waals surface area contributed by atoms with Crippen LogP contribution in [0.1, 0.15) is 168 Å². The summed E-state index contributed by atoms with van der Waals surface area (Å²) in [6.45, 7) is 7.88. The topological polar surface area (TPSA) is 110 Å². The van der Waals surface area contributed by atoms with Crippen molar-refractivity contribution in [1.29, 1.82) is 0 Å². The van der Waals surface area contributed by atoms with E-state index in [2.05, 4.69) is 122 Å². The number of Topliss-reactive ketones (excluding diaryl/α,β-unsaturated/α-hetero) is 2. The smallest absolute Gasteiger partial charge is 0.160 e. The van der Waals surface area contributed by atoms with Crippen molar-refractivity contribution >= 4 is 11.6 Å². The number of unbranched alkanes of at least 4 members (excludes halogenated alkanes) is 9. The third-order valence-corrected chi connectivity index (χ3v) is 9.70. The molecule has 6 nitrogen and oxygen atoms in total. The molecule has 0 bridgehead atoms. The van der Waals surface area contributed by atoms with Crippen molar-refractivity contribution in [3.63, 3.8) is 0 Å². The number of rotatable bonds is 41. The minimum atomic E-state index is -1.20. The zero-order valence-electron chi connectivity index (χ0n) is 36.2. The van der Waals surface area contributed by atoms with Crippen LogP contribution in [0.25, 0.3) is 0 Å². The first-order valence-electron chi connectivity index (χ1n) is 22.7. The Morgan fingerprint density at radius 1 is 0.429 bits per heavy atom. The van der Waals surface area contributed by atoms with Crippen molar-refractivity contribution in [2.75, 3.05) is 32.7 Å². The van der Waals surface area contributed by atoms with E-state index >= 15 is 0 Å². The lowest BCUT2D eigenvalue weighted by Crippen LogP contribution is -2.59. The third kappa shape index (κ3) is 33.3. The van der Waals surface area contributed by atoms with E-state index in [4.69, 9.17) is 11.5 Å². The Balaban J connectivity index is 4.83. The van der Waals surface area contributed by atoms with Crippen LogP contribution in [0.3, 0.4) is 0 Å². The van der Waals surface area contributed by atoms with Gasteiger partial charge in [0.15, 0.2) is 11.6 Å². The van der Waals surface area contributed by atoms with E-state index < -0.39 is 5.54 Å². The van der Waals surface area contributed by atoms with E-state index in [1.807, 2.05) is 0 Å². The highest BCUT2D eigenvalue weighted by Crippen LogP contribution is 2.21. The van der Waals surface area contributed by atoms with Gasteiger partial charge in [0, 0.05) is 12.8 Å². The highest BCUT2D eigenvalue weighted by atomic mass is 16.2. The maximum atomic E-state index is 13.8. The normalized spacial score (nSPS) is 13.0. The Morgan fingerprint density at radius 2 is 0.786 bits per heavy atom. The van der Waals surface area contributed by atoms with Gasteiger partial charge >= 0.3 is 0 Å². The minimum Gasteiger partial charge on any atom is -0.330 e. The summed E-state index contributed by atoms with van der Waals surface area (Å²) in [5, 5.41) is 6.86. The Bertz CT molecular complexity index is 1070. The molecular weight excluding hydrogens is 689 g/mol. The van der Waals surface area contributed by atoms with Crippen LogP contribution >= 0.6 is 0 Å². The molecule has 0 aromatic heterocycles. The van der Waals surface area contributed by atoms with Gasteiger partial charge in [-0.3, -0.25) is 14.9 Å². The van der Waals surface area contributed by atoms with Gasteiger partial charge in [-0.05, 0) is 148 Å². The fraction of sp³-hybridized carbons (Fsp3) is 0.640. The van der Waals surface area contributed by atoms with Gasteiger partial charge in [-0.25, -0.2) is 0 Å². The second kappa shape index (κ2) is 43.2. The summed E-state index contributed by atoms with van der Waals surface area (Å²) in [5.74, 6) is -0.0229. The average Bonchev–Trinajstić information content (AvgIpc) is 3.20. The van der Waals surface area contributed by atoms with Crippen molar-refractivity contribution in [2.45, 2.75) is 173 Å². The van der Waals surface area contributed by atoms with Crippen LogP contribution in [0.4, 0.5) is 0 Å². The number of nitrogens with two attached hydrogens (primary N) is 2. The average molecular weight is 775 g/mol. The Kier molecular flexibility index (Phi) is 41.0. The number of nitrogens with one attached hydrogen (secondary N) is 2. The summed E-state index contributed by atoms with van der Waals surface area (Å²) in [5.41, 5.74) is 10.5. The lowest BCUT2D eigenvalue weighted by molar-refractivity contribution is -0.137. The number of allylic oxidation sites excluding steroid dienone is 16. The fourth-order valence-electron chi connectivity index (χ4n) is 6.27. The largest absolute Gasteiger partial charge is 0.330 e. The molecule has 0 amide bonds. The summed E-state index contributed by atoms with van der Waals surface area (Å²) >= 11 is 0. The molecule has 0 aliphatic carbocycles. The van der Waals surface area contributed by atoms with Crippen LogP contribution in [0.2, 0.25) is 0 Å². The van der Waals surface area contributed by atoms with Crippen LogP contribution in [0.5, 0.6) is 0 Å². The quantitative estimate of drug-likeness (QED) is 0.0280. The second-order valence-electron chi connectivity index (χ2n) is 14.8. The third-order valence-electron chi connectivity index (χ3n) is 9.70. The molecule has 0 aliphatic heterocycles. The molecule has 0 rings (SSSR count). The maximum absolute atomic E-state index is 13.8. The molecule has 0 fully saturated rings. The molecule has 0 aromatic carbocycles. The molecular formula is C50H86N4O2. The molecule has 0 spiro atoms. The maximum Gasteiger partial charge on any atom is 0.160 e. The van der Waals surface area contributed by atoms with E-state index in [1.54, 1.807) is 0 Å². The number of carbonyl (C=O) groups is 2. The van der Waals surface area contributed by atoms with Gasteiger partial charge in [0.2, 0.25) is 0 Å². The zero-order chi connectivity index (χ0) is 40.9. The highest BCUT2D eigenvalue weighted by Gasteiger charge is 2.42. The Hall–Kier alpha value is -2.90. The predicted molar refractivity (Wildman–Crippen MR) is 247 cm³/mol.